The van der Waals surface area contributed by atoms with Gasteiger partial charge in [0.1, 0.15) is 0 Å². The maximum Gasteiger partial charge on any atom is 0.0364 e. The molecule has 3 heteroatoms. The summed E-state index contributed by atoms with van der Waals surface area (Å²) in [7, 11) is 2.19. The lowest BCUT2D eigenvalue weighted by molar-refractivity contribution is 0.270. The number of nitrogens with zero attached hydrogens (tertiary/aromatic N) is 2. The molecule has 1 aliphatic heterocycles. The summed E-state index contributed by atoms with van der Waals surface area (Å²) in [5, 5.41) is 0. The quantitative estimate of drug-likeness (QED) is 0.884. The zero-order valence-electron chi connectivity index (χ0n) is 12.5. The topological polar surface area (TPSA) is 32.5 Å². The largest absolute Gasteiger partial charge is 0.373 e. The van der Waals surface area contributed by atoms with Gasteiger partial charge in [0.2, 0.25) is 0 Å². The van der Waals surface area contributed by atoms with E-state index in [1.165, 1.54) is 37.2 Å². The van der Waals surface area contributed by atoms with Crippen LogP contribution in [0.5, 0.6) is 0 Å². The first kappa shape index (κ1) is 14.4. The SMILES string of the molecule is CCN1CCCC1CN(C)c1ccc(C(C)N)cc1. The molecule has 0 bridgehead atoms. The molecule has 1 heterocycles. The van der Waals surface area contributed by atoms with E-state index in [0.29, 0.717) is 6.04 Å². The van der Waals surface area contributed by atoms with E-state index in [1.54, 1.807) is 0 Å². The van der Waals surface area contributed by atoms with Gasteiger partial charge in [0.15, 0.2) is 0 Å². The van der Waals surface area contributed by atoms with Crippen molar-refractivity contribution in [3.8, 4) is 0 Å². The molecule has 1 aromatic carbocycles. The van der Waals surface area contributed by atoms with Crippen LogP contribution in [0.3, 0.4) is 0 Å². The minimum absolute atomic E-state index is 0.116. The molecule has 1 fully saturated rings. The summed E-state index contributed by atoms with van der Waals surface area (Å²) in [5.41, 5.74) is 8.37. The van der Waals surface area contributed by atoms with E-state index >= 15 is 0 Å². The van der Waals surface area contributed by atoms with Gasteiger partial charge in [-0.05, 0) is 50.6 Å². The van der Waals surface area contributed by atoms with Crippen LogP contribution >= 0.6 is 0 Å². The molecule has 1 saturated heterocycles. The molecule has 2 rings (SSSR count). The molecule has 2 atom stereocenters. The van der Waals surface area contributed by atoms with Gasteiger partial charge in [-0.2, -0.15) is 0 Å². The molecule has 19 heavy (non-hydrogen) atoms. The fraction of sp³-hybridized carbons (Fsp3) is 0.625. The highest BCUT2D eigenvalue weighted by molar-refractivity contribution is 5.47. The van der Waals surface area contributed by atoms with Gasteiger partial charge in [0, 0.05) is 31.4 Å². The third kappa shape index (κ3) is 3.48. The monoisotopic (exact) mass is 261 g/mol. The maximum atomic E-state index is 5.89. The van der Waals surface area contributed by atoms with Gasteiger partial charge in [0.05, 0.1) is 0 Å². The molecule has 3 nitrogen and oxygen atoms in total. The number of rotatable bonds is 5. The molecule has 0 radical (unpaired) electrons. The Labute approximate surface area is 117 Å². The number of anilines is 1. The Morgan fingerprint density at radius 2 is 2.05 bits per heavy atom. The van der Waals surface area contributed by atoms with Gasteiger partial charge in [-0.15, -0.1) is 0 Å². The number of nitrogens with two attached hydrogens (primary N) is 1. The number of likely N-dealkylation sites (tertiary alicyclic amines) is 1. The summed E-state index contributed by atoms with van der Waals surface area (Å²) >= 11 is 0. The van der Waals surface area contributed by atoms with Crippen molar-refractivity contribution in [3.05, 3.63) is 29.8 Å². The Morgan fingerprint density at radius 3 is 2.63 bits per heavy atom. The van der Waals surface area contributed by atoms with Crippen LogP contribution in [0.25, 0.3) is 0 Å². The normalized spacial score (nSPS) is 21.6. The van der Waals surface area contributed by atoms with Crippen molar-refractivity contribution in [2.45, 2.75) is 38.8 Å². The average molecular weight is 261 g/mol. The minimum Gasteiger partial charge on any atom is -0.373 e. The van der Waals surface area contributed by atoms with Crippen molar-refractivity contribution in [2.24, 2.45) is 5.73 Å². The van der Waals surface area contributed by atoms with Gasteiger partial charge in [-0.3, -0.25) is 4.90 Å². The summed E-state index contributed by atoms with van der Waals surface area (Å²) in [6.07, 6.45) is 2.67. The second-order valence-corrected chi connectivity index (χ2v) is 5.69. The zero-order chi connectivity index (χ0) is 13.8. The molecule has 0 amide bonds. The van der Waals surface area contributed by atoms with Crippen LogP contribution in [0.15, 0.2) is 24.3 Å². The van der Waals surface area contributed by atoms with Crippen LogP contribution in [-0.4, -0.2) is 37.6 Å². The Kier molecular flexibility index (Phi) is 4.83. The first-order chi connectivity index (χ1) is 9.11. The third-order valence-corrected chi connectivity index (χ3v) is 4.25. The van der Waals surface area contributed by atoms with Crippen LogP contribution in [0.4, 0.5) is 5.69 Å². The zero-order valence-corrected chi connectivity index (χ0v) is 12.5. The number of hydrogen-bond acceptors (Lipinski definition) is 3. The third-order valence-electron chi connectivity index (χ3n) is 4.25. The van der Waals surface area contributed by atoms with Crippen LogP contribution in [0, 0.1) is 0 Å². The predicted octanol–water partition coefficient (Wildman–Crippen LogP) is 2.63. The summed E-state index contributed by atoms with van der Waals surface area (Å²) in [5.74, 6) is 0. The van der Waals surface area contributed by atoms with Crippen molar-refractivity contribution in [1.29, 1.82) is 0 Å². The molecule has 1 aliphatic rings. The lowest BCUT2D eigenvalue weighted by Crippen LogP contribution is -2.38. The maximum absolute atomic E-state index is 5.89. The smallest absolute Gasteiger partial charge is 0.0364 e. The molecule has 1 aromatic rings. The first-order valence-corrected chi connectivity index (χ1v) is 7.42. The van der Waals surface area contributed by atoms with E-state index in [2.05, 4.69) is 48.0 Å². The summed E-state index contributed by atoms with van der Waals surface area (Å²) in [6, 6.07) is 9.48. The number of likely N-dealkylation sites (N-methyl/N-ethyl adjacent to an activating group) is 2. The standard InChI is InChI=1S/C16H27N3/c1-4-19-11-5-6-16(19)12-18(3)15-9-7-14(8-10-15)13(2)17/h7-10,13,16H,4-6,11-12,17H2,1-3H3. The van der Waals surface area contributed by atoms with Crippen molar-refractivity contribution < 1.29 is 0 Å². The second kappa shape index (κ2) is 6.40. The first-order valence-electron chi connectivity index (χ1n) is 7.42. The van der Waals surface area contributed by atoms with Crippen LogP contribution < -0.4 is 10.6 Å². The molecular weight excluding hydrogens is 234 g/mol. The summed E-state index contributed by atoms with van der Waals surface area (Å²) in [4.78, 5) is 4.95. The number of hydrogen-bond donors (Lipinski definition) is 1. The second-order valence-electron chi connectivity index (χ2n) is 5.69. The number of benzene rings is 1. The van der Waals surface area contributed by atoms with E-state index in [1.807, 2.05) is 6.92 Å². The van der Waals surface area contributed by atoms with Crippen LogP contribution in [-0.2, 0) is 0 Å². The average Bonchev–Trinajstić information content (AvgIpc) is 2.86. The van der Waals surface area contributed by atoms with Gasteiger partial charge < -0.3 is 10.6 Å². The predicted molar refractivity (Wildman–Crippen MR) is 82.6 cm³/mol. The van der Waals surface area contributed by atoms with Crippen molar-refractivity contribution >= 4 is 5.69 Å². The molecule has 106 valence electrons. The minimum atomic E-state index is 0.116. The molecule has 0 spiro atoms. The van der Waals surface area contributed by atoms with Crippen LogP contribution in [0.2, 0.25) is 0 Å². The van der Waals surface area contributed by atoms with Crippen molar-refractivity contribution in [3.63, 3.8) is 0 Å². The highest BCUT2D eigenvalue weighted by atomic mass is 15.2. The Hall–Kier alpha value is -1.06. The Morgan fingerprint density at radius 1 is 1.37 bits per heavy atom. The van der Waals surface area contributed by atoms with Gasteiger partial charge >= 0.3 is 0 Å². The Bertz CT molecular complexity index is 385. The lowest BCUT2D eigenvalue weighted by Gasteiger charge is -2.29. The fourth-order valence-electron chi connectivity index (χ4n) is 2.97. The molecule has 2 unspecified atom stereocenters. The van der Waals surface area contributed by atoms with Crippen LogP contribution in [0.1, 0.15) is 38.3 Å². The van der Waals surface area contributed by atoms with Crippen molar-refractivity contribution in [2.75, 3.05) is 31.6 Å². The lowest BCUT2D eigenvalue weighted by atomic mass is 10.1. The van der Waals surface area contributed by atoms with Gasteiger partial charge in [0.25, 0.3) is 0 Å². The van der Waals surface area contributed by atoms with E-state index in [9.17, 15) is 0 Å². The van der Waals surface area contributed by atoms with E-state index < -0.39 is 0 Å². The van der Waals surface area contributed by atoms with Gasteiger partial charge in [-0.1, -0.05) is 19.1 Å². The van der Waals surface area contributed by atoms with Crippen molar-refractivity contribution in [1.82, 2.24) is 4.90 Å². The highest BCUT2D eigenvalue weighted by Gasteiger charge is 2.24. The highest BCUT2D eigenvalue weighted by Crippen LogP contribution is 2.21. The molecule has 2 N–H and O–H groups in total. The fourth-order valence-corrected chi connectivity index (χ4v) is 2.97. The summed E-state index contributed by atoms with van der Waals surface area (Å²) in [6.45, 7) is 7.83. The summed E-state index contributed by atoms with van der Waals surface area (Å²) < 4.78 is 0. The molecular formula is C16H27N3. The molecule has 0 saturated carbocycles. The van der Waals surface area contributed by atoms with E-state index in [-0.39, 0.29) is 6.04 Å². The molecule has 0 aliphatic carbocycles. The molecule has 0 aromatic heterocycles. The van der Waals surface area contributed by atoms with E-state index in [0.717, 1.165) is 6.54 Å². The van der Waals surface area contributed by atoms with Gasteiger partial charge in [-0.25, -0.2) is 0 Å². The van der Waals surface area contributed by atoms with E-state index in [4.69, 9.17) is 5.73 Å². The Balaban J connectivity index is 1.97.